The molecule has 0 atom stereocenters. The Morgan fingerprint density at radius 3 is 2.45 bits per heavy atom. The first-order chi connectivity index (χ1) is 9.37. The first-order valence-corrected chi connectivity index (χ1v) is 6.72. The molecule has 0 spiro atoms. The molecule has 110 valence electrons. The van der Waals surface area contributed by atoms with Crippen LogP contribution in [0.15, 0.2) is 12.4 Å². The van der Waals surface area contributed by atoms with Crippen LogP contribution in [0.5, 0.6) is 0 Å². The lowest BCUT2D eigenvalue weighted by Crippen LogP contribution is -2.51. The number of aliphatic hydroxyl groups is 1. The van der Waals surface area contributed by atoms with E-state index in [0.29, 0.717) is 18.1 Å². The van der Waals surface area contributed by atoms with Crippen molar-refractivity contribution in [3.63, 3.8) is 0 Å². The van der Waals surface area contributed by atoms with Gasteiger partial charge in [0.1, 0.15) is 11.5 Å². The summed E-state index contributed by atoms with van der Waals surface area (Å²) in [5.41, 5.74) is 5.29. The van der Waals surface area contributed by atoms with E-state index >= 15 is 0 Å². The van der Waals surface area contributed by atoms with Crippen molar-refractivity contribution in [1.29, 1.82) is 5.41 Å². The number of piperazine rings is 1. The number of hydrogen-bond donors (Lipinski definition) is 3. The summed E-state index contributed by atoms with van der Waals surface area (Å²) in [6, 6.07) is 0. The number of aromatic nitrogens is 2. The van der Waals surface area contributed by atoms with Gasteiger partial charge in [0.05, 0.1) is 5.60 Å². The summed E-state index contributed by atoms with van der Waals surface area (Å²) in [7, 11) is 0. The molecule has 7 nitrogen and oxygen atoms in total. The number of β-amino-alcohol motifs (C(OH)–C–C–N with tert-alkyl or cyclic N) is 1. The zero-order chi connectivity index (χ0) is 14.8. The number of nitrogen functional groups attached to an aromatic ring is 1. The van der Waals surface area contributed by atoms with Crippen molar-refractivity contribution < 1.29 is 5.11 Å². The molecule has 2 rings (SSSR count). The monoisotopic (exact) mass is 278 g/mol. The fourth-order valence-corrected chi connectivity index (χ4v) is 2.42. The topological polar surface area (TPSA) is 102 Å². The molecule has 4 N–H and O–H groups in total. The molecule has 1 aromatic rings. The fourth-order valence-electron chi connectivity index (χ4n) is 2.42. The fraction of sp³-hybridized carbons (Fsp3) is 0.615. The summed E-state index contributed by atoms with van der Waals surface area (Å²) in [6.45, 7) is 7.55. The Morgan fingerprint density at radius 1 is 1.30 bits per heavy atom. The van der Waals surface area contributed by atoms with E-state index in [2.05, 4.69) is 19.8 Å². The van der Waals surface area contributed by atoms with Crippen molar-refractivity contribution in [2.45, 2.75) is 19.4 Å². The number of nitrogens with zero attached hydrogens (tertiary/aromatic N) is 4. The highest BCUT2D eigenvalue weighted by Crippen LogP contribution is 2.17. The van der Waals surface area contributed by atoms with E-state index in [0.717, 1.165) is 26.2 Å². The van der Waals surface area contributed by atoms with Crippen LogP contribution in [-0.4, -0.2) is 64.1 Å². The molecule has 0 unspecified atom stereocenters. The standard InChI is InChI=1S/C13H22N6O/c1-13(2,20)9-18-5-7-19(8-6-18)12-10(11(14)15)16-3-4-17-12/h3-4,20H,5-9H2,1-2H3,(H3,14,15). The molecule has 0 amide bonds. The summed E-state index contributed by atoms with van der Waals surface area (Å²) < 4.78 is 0. The lowest BCUT2D eigenvalue weighted by Gasteiger charge is -2.38. The number of anilines is 1. The predicted octanol–water partition coefficient (Wildman–Crippen LogP) is -0.346. The van der Waals surface area contributed by atoms with E-state index in [4.69, 9.17) is 11.1 Å². The van der Waals surface area contributed by atoms with Crippen molar-refractivity contribution in [2.75, 3.05) is 37.6 Å². The highest BCUT2D eigenvalue weighted by atomic mass is 16.3. The van der Waals surface area contributed by atoms with Gasteiger partial charge in [-0.2, -0.15) is 0 Å². The summed E-state index contributed by atoms with van der Waals surface area (Å²) >= 11 is 0. The number of rotatable bonds is 4. The van der Waals surface area contributed by atoms with Gasteiger partial charge < -0.3 is 15.7 Å². The second-order valence-corrected chi connectivity index (χ2v) is 5.72. The van der Waals surface area contributed by atoms with Crippen LogP contribution >= 0.6 is 0 Å². The van der Waals surface area contributed by atoms with E-state index in [1.165, 1.54) is 0 Å². The van der Waals surface area contributed by atoms with Crippen molar-refractivity contribution in [3.8, 4) is 0 Å². The Labute approximate surface area is 118 Å². The SMILES string of the molecule is CC(C)(O)CN1CCN(c2nccnc2C(=N)N)CC1. The summed E-state index contributed by atoms with van der Waals surface area (Å²) in [4.78, 5) is 12.7. The number of nitrogens with one attached hydrogen (secondary N) is 1. The third-order valence-electron chi connectivity index (χ3n) is 3.22. The molecular formula is C13H22N6O. The van der Waals surface area contributed by atoms with E-state index in [9.17, 15) is 5.11 Å². The maximum absolute atomic E-state index is 9.85. The molecule has 1 aromatic heterocycles. The van der Waals surface area contributed by atoms with Crippen LogP contribution in [0.25, 0.3) is 0 Å². The van der Waals surface area contributed by atoms with Gasteiger partial charge in [0.25, 0.3) is 0 Å². The van der Waals surface area contributed by atoms with E-state index < -0.39 is 5.60 Å². The largest absolute Gasteiger partial charge is 0.389 e. The Balaban J connectivity index is 2.03. The molecule has 20 heavy (non-hydrogen) atoms. The molecular weight excluding hydrogens is 256 g/mol. The van der Waals surface area contributed by atoms with Gasteiger partial charge in [-0.05, 0) is 13.8 Å². The van der Waals surface area contributed by atoms with Crippen molar-refractivity contribution in [2.24, 2.45) is 5.73 Å². The van der Waals surface area contributed by atoms with E-state index in [1.807, 2.05) is 13.8 Å². The average Bonchev–Trinajstić information content (AvgIpc) is 2.38. The first-order valence-electron chi connectivity index (χ1n) is 6.72. The molecule has 0 aromatic carbocycles. The minimum Gasteiger partial charge on any atom is -0.389 e. The molecule has 1 saturated heterocycles. The normalized spacial score (nSPS) is 17.2. The number of nitrogens with two attached hydrogens (primary N) is 1. The second-order valence-electron chi connectivity index (χ2n) is 5.72. The Bertz CT molecular complexity index is 476. The Morgan fingerprint density at radius 2 is 1.90 bits per heavy atom. The smallest absolute Gasteiger partial charge is 0.158 e. The summed E-state index contributed by atoms with van der Waals surface area (Å²) in [5.74, 6) is 0.606. The molecule has 0 saturated carbocycles. The van der Waals surface area contributed by atoms with E-state index in [-0.39, 0.29) is 5.84 Å². The van der Waals surface area contributed by atoms with Gasteiger partial charge >= 0.3 is 0 Å². The molecule has 2 heterocycles. The molecule has 0 bridgehead atoms. The molecule has 1 fully saturated rings. The zero-order valence-corrected chi connectivity index (χ0v) is 12.0. The number of amidine groups is 1. The van der Waals surface area contributed by atoms with Gasteiger partial charge in [-0.1, -0.05) is 0 Å². The van der Waals surface area contributed by atoms with Crippen molar-refractivity contribution in [1.82, 2.24) is 14.9 Å². The lowest BCUT2D eigenvalue weighted by atomic mass is 10.1. The quantitative estimate of drug-likeness (QED) is 0.514. The van der Waals surface area contributed by atoms with Crippen molar-refractivity contribution >= 4 is 11.7 Å². The van der Waals surface area contributed by atoms with Crippen molar-refractivity contribution in [3.05, 3.63) is 18.1 Å². The minimum atomic E-state index is -0.681. The van der Waals surface area contributed by atoms with Gasteiger partial charge in [0, 0.05) is 45.1 Å². The predicted molar refractivity (Wildman–Crippen MR) is 78.0 cm³/mol. The van der Waals surface area contributed by atoms with Crippen LogP contribution in [0.3, 0.4) is 0 Å². The maximum Gasteiger partial charge on any atom is 0.158 e. The first kappa shape index (κ1) is 14.7. The molecule has 0 radical (unpaired) electrons. The zero-order valence-electron chi connectivity index (χ0n) is 12.0. The lowest BCUT2D eigenvalue weighted by molar-refractivity contribution is 0.0344. The highest BCUT2D eigenvalue weighted by molar-refractivity contribution is 5.97. The average molecular weight is 278 g/mol. The molecule has 1 aliphatic heterocycles. The molecule has 1 aliphatic rings. The van der Waals surface area contributed by atoms with Gasteiger partial charge in [-0.3, -0.25) is 10.3 Å². The third-order valence-corrected chi connectivity index (χ3v) is 3.22. The van der Waals surface area contributed by atoms with Gasteiger partial charge in [-0.25, -0.2) is 9.97 Å². The third kappa shape index (κ3) is 3.64. The molecule has 0 aliphatic carbocycles. The van der Waals surface area contributed by atoms with Gasteiger partial charge in [-0.15, -0.1) is 0 Å². The van der Waals surface area contributed by atoms with E-state index in [1.54, 1.807) is 12.4 Å². The summed E-state index contributed by atoms with van der Waals surface area (Å²) in [5, 5.41) is 17.4. The summed E-state index contributed by atoms with van der Waals surface area (Å²) in [6.07, 6.45) is 3.16. The van der Waals surface area contributed by atoms with Crippen LogP contribution in [0.1, 0.15) is 19.5 Å². The maximum atomic E-state index is 9.85. The minimum absolute atomic E-state index is 0.0629. The Kier molecular flexibility index (Phi) is 4.20. The van der Waals surface area contributed by atoms with Crippen LogP contribution in [-0.2, 0) is 0 Å². The Hall–Kier alpha value is -1.73. The van der Waals surface area contributed by atoms with Crippen LogP contribution in [0.4, 0.5) is 5.82 Å². The van der Waals surface area contributed by atoms with Gasteiger partial charge in [0.15, 0.2) is 5.82 Å². The highest BCUT2D eigenvalue weighted by Gasteiger charge is 2.25. The number of hydrogen-bond acceptors (Lipinski definition) is 6. The van der Waals surface area contributed by atoms with Gasteiger partial charge in [0.2, 0.25) is 0 Å². The second kappa shape index (κ2) is 5.72. The van der Waals surface area contributed by atoms with Crippen LogP contribution in [0, 0.1) is 5.41 Å². The van der Waals surface area contributed by atoms with Crippen LogP contribution in [0.2, 0.25) is 0 Å². The molecule has 7 heteroatoms. The van der Waals surface area contributed by atoms with Crippen LogP contribution < -0.4 is 10.6 Å².